The number of fused-ring (bicyclic) bond motifs is 1. The molecule has 1 aliphatic rings. The van der Waals surface area contributed by atoms with Crippen LogP contribution < -0.4 is 5.73 Å². The van der Waals surface area contributed by atoms with Crippen LogP contribution in [0.15, 0.2) is 12.1 Å². The molecule has 11 nitrogen and oxygen atoms in total. The van der Waals surface area contributed by atoms with E-state index in [-0.39, 0.29) is 18.0 Å². The fourth-order valence-electron chi connectivity index (χ4n) is 3.30. The predicted octanol–water partition coefficient (Wildman–Crippen LogP) is 1.39. The summed E-state index contributed by atoms with van der Waals surface area (Å²) >= 11 is 0. The van der Waals surface area contributed by atoms with Crippen LogP contribution in [-0.4, -0.2) is 52.8 Å². The quantitative estimate of drug-likeness (QED) is 0.534. The standard InChI is InChI=1S/C18H19N4O7P/c1-8(23)26-5-12-14(27-9(2)24)15(28-10(3)25)18(29-12)30-6-11(4-19)13-16(20)21-7-22-17(13)30/h6-7,12,14-15,18H,5H2,1-3H3,(H2,20,21,22)/t12-,14-,15-,18+,30?/m1/s1. The molecular weight excluding hydrogens is 415 g/mol. The Morgan fingerprint density at radius 1 is 1.17 bits per heavy atom. The number of nitrogens with two attached hydrogens (primary N) is 1. The predicted molar refractivity (Wildman–Crippen MR) is 103 cm³/mol. The highest BCUT2D eigenvalue weighted by molar-refractivity contribution is 7.55. The molecule has 0 aliphatic carbocycles. The van der Waals surface area contributed by atoms with Crippen LogP contribution in [0.25, 0.3) is 10.6 Å². The summed E-state index contributed by atoms with van der Waals surface area (Å²) < 4.78 is 21.9. The number of nitriles is 1. The minimum atomic E-state index is -1.44. The molecule has 1 aliphatic heterocycles. The van der Waals surface area contributed by atoms with Gasteiger partial charge in [-0.15, -0.1) is 0 Å². The van der Waals surface area contributed by atoms with E-state index in [1.807, 2.05) is 0 Å². The summed E-state index contributed by atoms with van der Waals surface area (Å²) in [6.45, 7) is 3.45. The van der Waals surface area contributed by atoms with Crippen LogP contribution in [0.5, 0.6) is 0 Å². The molecule has 0 amide bonds. The van der Waals surface area contributed by atoms with Gasteiger partial charge in [0, 0.05) is 20.8 Å². The van der Waals surface area contributed by atoms with Crippen LogP contribution in [0.4, 0.5) is 5.82 Å². The normalized spacial score (nSPS) is 23.6. The van der Waals surface area contributed by atoms with Gasteiger partial charge in [-0.05, 0) is 5.80 Å². The van der Waals surface area contributed by atoms with Gasteiger partial charge in [-0.1, -0.05) is 7.53 Å². The summed E-state index contributed by atoms with van der Waals surface area (Å²) in [5, 5.41) is 10.4. The molecule has 12 heteroatoms. The van der Waals surface area contributed by atoms with Crippen molar-refractivity contribution in [2.24, 2.45) is 0 Å². The molecule has 0 bridgehead atoms. The number of carbonyl (C=O) groups excluding carboxylic acids is 3. The first-order chi connectivity index (χ1) is 14.2. The topological polar surface area (TPSA) is 164 Å². The Kier molecular flexibility index (Phi) is 6.20. The first-order valence-corrected chi connectivity index (χ1v) is 10.3. The highest BCUT2D eigenvalue weighted by Crippen LogP contribution is 2.56. The molecule has 2 aromatic heterocycles. The second-order valence-electron chi connectivity index (χ2n) is 6.54. The van der Waals surface area contributed by atoms with E-state index in [9.17, 15) is 19.6 Å². The summed E-state index contributed by atoms with van der Waals surface area (Å²) in [5.74, 6) is -0.781. The van der Waals surface area contributed by atoms with Gasteiger partial charge < -0.3 is 24.7 Å². The molecule has 1 fully saturated rings. The molecule has 5 atom stereocenters. The van der Waals surface area contributed by atoms with Gasteiger partial charge in [0.15, 0.2) is 12.2 Å². The van der Waals surface area contributed by atoms with E-state index >= 15 is 0 Å². The van der Waals surface area contributed by atoms with Crippen LogP contribution in [0.3, 0.4) is 0 Å². The molecule has 3 rings (SSSR count). The minimum Gasteiger partial charge on any atom is -0.463 e. The summed E-state index contributed by atoms with van der Waals surface area (Å²) in [4.78, 5) is 42.9. The smallest absolute Gasteiger partial charge is 0.303 e. The Morgan fingerprint density at radius 2 is 1.83 bits per heavy atom. The molecule has 2 aromatic rings. The number of rotatable bonds is 5. The number of anilines is 1. The van der Waals surface area contributed by atoms with E-state index in [0.717, 1.165) is 0 Å². The van der Waals surface area contributed by atoms with Crippen LogP contribution in [0, 0.1) is 11.3 Å². The van der Waals surface area contributed by atoms with Crippen molar-refractivity contribution in [1.29, 1.82) is 5.26 Å². The van der Waals surface area contributed by atoms with Gasteiger partial charge >= 0.3 is 17.9 Å². The number of nitrogen functional groups attached to an aromatic ring is 1. The number of hydrogen-bond donors (Lipinski definition) is 1. The largest absolute Gasteiger partial charge is 0.463 e. The molecule has 1 unspecified atom stereocenters. The molecule has 3 heterocycles. The number of hydrogen-bond acceptors (Lipinski definition) is 11. The fourth-order valence-corrected chi connectivity index (χ4v) is 5.79. The zero-order valence-corrected chi connectivity index (χ0v) is 17.3. The minimum absolute atomic E-state index is 0.146. The van der Waals surface area contributed by atoms with Crippen molar-refractivity contribution in [3.8, 4) is 6.07 Å². The number of esters is 3. The van der Waals surface area contributed by atoms with Crippen molar-refractivity contribution >= 4 is 41.9 Å². The zero-order chi connectivity index (χ0) is 22.0. The van der Waals surface area contributed by atoms with Crippen molar-refractivity contribution in [3.05, 3.63) is 17.7 Å². The summed E-state index contributed by atoms with van der Waals surface area (Å²) in [5.41, 5.74) is 6.21. The van der Waals surface area contributed by atoms with Crippen LogP contribution in [0.1, 0.15) is 32.2 Å². The van der Waals surface area contributed by atoms with E-state index in [1.165, 1.54) is 27.1 Å². The van der Waals surface area contributed by atoms with Gasteiger partial charge in [0.25, 0.3) is 0 Å². The first kappa shape index (κ1) is 21.5. The molecular formula is C18H19N4O7P. The maximum atomic E-state index is 11.8. The maximum Gasteiger partial charge on any atom is 0.303 e. The number of nitrogens with zero attached hydrogens (tertiary/aromatic N) is 3. The van der Waals surface area contributed by atoms with Crippen LogP contribution in [-0.2, 0) is 33.3 Å². The van der Waals surface area contributed by atoms with Gasteiger partial charge in [0.2, 0.25) is 0 Å². The van der Waals surface area contributed by atoms with Gasteiger partial charge in [0.05, 0.1) is 16.2 Å². The average molecular weight is 434 g/mol. The van der Waals surface area contributed by atoms with Crippen molar-refractivity contribution < 1.29 is 33.3 Å². The van der Waals surface area contributed by atoms with Crippen LogP contribution in [0.2, 0.25) is 0 Å². The van der Waals surface area contributed by atoms with Gasteiger partial charge in [-0.2, -0.15) is 5.26 Å². The lowest BCUT2D eigenvalue weighted by atomic mass is 10.1. The molecule has 0 spiro atoms. The Labute approximate surface area is 172 Å². The second-order valence-corrected chi connectivity index (χ2v) is 8.54. The lowest BCUT2D eigenvalue weighted by Gasteiger charge is -2.23. The van der Waals surface area contributed by atoms with Gasteiger partial charge in [-0.25, -0.2) is 9.97 Å². The summed E-state index contributed by atoms with van der Waals surface area (Å²) in [6.07, 6.45) is -1.62. The second kappa shape index (κ2) is 8.65. The van der Waals surface area contributed by atoms with Crippen molar-refractivity contribution in [1.82, 2.24) is 9.97 Å². The first-order valence-electron chi connectivity index (χ1n) is 8.87. The van der Waals surface area contributed by atoms with E-state index in [2.05, 4.69) is 16.0 Å². The Morgan fingerprint density at radius 3 is 2.43 bits per heavy atom. The third-order valence-electron chi connectivity index (χ3n) is 4.37. The Bertz CT molecular complexity index is 1050. The number of aromatic nitrogens is 2. The SMILES string of the molecule is CC(=O)OC[C@H]1O[C@@H](p2cc(C#N)c3c(N)ncnc32)[C@H](OC(C)=O)[C@@H]1OC(C)=O. The summed E-state index contributed by atoms with van der Waals surface area (Å²) in [7, 11) is -1.44. The lowest BCUT2D eigenvalue weighted by Crippen LogP contribution is -2.39. The molecule has 0 radical (unpaired) electrons. The van der Waals surface area contributed by atoms with E-state index in [4.69, 9.17) is 24.7 Å². The highest BCUT2D eigenvalue weighted by atomic mass is 31.1. The van der Waals surface area contributed by atoms with E-state index in [1.54, 1.807) is 5.80 Å². The van der Waals surface area contributed by atoms with E-state index in [0.29, 0.717) is 10.6 Å². The van der Waals surface area contributed by atoms with Crippen molar-refractivity contribution in [3.63, 3.8) is 0 Å². The fraction of sp³-hybridized carbons (Fsp3) is 0.444. The summed E-state index contributed by atoms with van der Waals surface area (Å²) in [6, 6.07) is 2.06. The molecule has 0 saturated carbocycles. The molecule has 158 valence electrons. The maximum absolute atomic E-state index is 11.8. The lowest BCUT2D eigenvalue weighted by molar-refractivity contribution is -0.165. The monoisotopic (exact) mass is 434 g/mol. The molecule has 1 saturated heterocycles. The third-order valence-corrected chi connectivity index (χ3v) is 6.70. The molecule has 2 N–H and O–H groups in total. The van der Waals surface area contributed by atoms with Gasteiger partial charge in [-0.3, -0.25) is 14.4 Å². The van der Waals surface area contributed by atoms with E-state index < -0.39 is 49.6 Å². The van der Waals surface area contributed by atoms with Crippen molar-refractivity contribution in [2.75, 3.05) is 12.3 Å². The number of carbonyl (C=O) groups is 3. The zero-order valence-electron chi connectivity index (χ0n) is 16.4. The molecule has 30 heavy (non-hydrogen) atoms. The molecule has 0 aromatic carbocycles. The average Bonchev–Trinajstić information content (AvgIpc) is 3.19. The third kappa shape index (κ3) is 4.20. The van der Waals surface area contributed by atoms with Crippen LogP contribution >= 0.6 is 7.53 Å². The van der Waals surface area contributed by atoms with Crippen molar-refractivity contribution in [2.45, 2.75) is 44.9 Å². The Balaban J connectivity index is 2.09. The van der Waals surface area contributed by atoms with Gasteiger partial charge in [0.1, 0.15) is 36.8 Å². The number of ether oxygens (including phenoxy) is 4. The highest BCUT2D eigenvalue weighted by Gasteiger charge is 2.51. The Hall–Kier alpha value is -3.22.